The summed E-state index contributed by atoms with van der Waals surface area (Å²) in [5.41, 5.74) is 2.26. The average molecular weight is 401 g/mol. The van der Waals surface area contributed by atoms with Gasteiger partial charge in [0.15, 0.2) is 0 Å². The lowest BCUT2D eigenvalue weighted by Gasteiger charge is -2.14. The molecule has 0 spiro atoms. The van der Waals surface area contributed by atoms with Crippen LogP contribution < -0.4 is 10.1 Å². The monoisotopic (exact) mass is 400 g/mol. The van der Waals surface area contributed by atoms with E-state index < -0.39 is 0 Å². The Hall–Kier alpha value is -2.27. The van der Waals surface area contributed by atoms with Crippen LogP contribution >= 0.6 is 15.9 Å². The van der Waals surface area contributed by atoms with Crippen molar-refractivity contribution in [1.29, 1.82) is 0 Å². The SMILES string of the molecule is CC(C)COc1ccccc1NC(=O)c1c(Br)c2ccccc2n1C. The highest BCUT2D eigenvalue weighted by Gasteiger charge is 2.20. The fourth-order valence-electron chi connectivity index (χ4n) is 2.73. The second kappa shape index (κ2) is 7.31. The Morgan fingerprint density at radius 3 is 2.56 bits per heavy atom. The first-order chi connectivity index (χ1) is 12.0. The highest BCUT2D eigenvalue weighted by atomic mass is 79.9. The van der Waals surface area contributed by atoms with E-state index in [0.717, 1.165) is 15.4 Å². The number of nitrogens with zero attached hydrogens (tertiary/aromatic N) is 1. The van der Waals surface area contributed by atoms with Crippen LogP contribution in [0.4, 0.5) is 5.69 Å². The number of halogens is 1. The fourth-order valence-corrected chi connectivity index (χ4v) is 3.51. The van der Waals surface area contributed by atoms with Crippen LogP contribution in [0, 0.1) is 5.92 Å². The topological polar surface area (TPSA) is 43.3 Å². The Labute approximate surface area is 155 Å². The first-order valence-corrected chi connectivity index (χ1v) is 9.04. The van der Waals surface area contributed by atoms with Gasteiger partial charge in [-0.2, -0.15) is 0 Å². The highest BCUT2D eigenvalue weighted by Crippen LogP contribution is 2.32. The molecule has 2 aromatic carbocycles. The molecule has 1 heterocycles. The van der Waals surface area contributed by atoms with Crippen molar-refractivity contribution >= 4 is 38.4 Å². The van der Waals surface area contributed by atoms with Crippen molar-refractivity contribution in [2.75, 3.05) is 11.9 Å². The summed E-state index contributed by atoms with van der Waals surface area (Å²) in [5.74, 6) is 0.918. The minimum atomic E-state index is -0.175. The Morgan fingerprint density at radius 1 is 1.16 bits per heavy atom. The Bertz CT molecular complexity index is 876. The van der Waals surface area contributed by atoms with E-state index in [9.17, 15) is 4.79 Å². The lowest BCUT2D eigenvalue weighted by molar-refractivity contribution is 0.101. The van der Waals surface area contributed by atoms with Crippen molar-refractivity contribution in [3.8, 4) is 5.75 Å². The molecule has 0 aliphatic rings. The molecule has 3 aromatic rings. The number of nitrogens with one attached hydrogen (secondary N) is 1. The second-order valence-corrected chi connectivity index (χ2v) is 7.19. The molecule has 0 atom stereocenters. The second-order valence-electron chi connectivity index (χ2n) is 6.39. The largest absolute Gasteiger partial charge is 0.491 e. The first kappa shape index (κ1) is 17.5. The zero-order valence-electron chi connectivity index (χ0n) is 14.5. The molecule has 130 valence electrons. The summed E-state index contributed by atoms with van der Waals surface area (Å²) in [6.07, 6.45) is 0. The smallest absolute Gasteiger partial charge is 0.273 e. The van der Waals surface area contributed by atoms with E-state index in [2.05, 4.69) is 35.1 Å². The Morgan fingerprint density at radius 2 is 1.84 bits per heavy atom. The number of hydrogen-bond donors (Lipinski definition) is 1. The van der Waals surface area contributed by atoms with E-state index in [1.807, 2.05) is 60.1 Å². The van der Waals surface area contributed by atoms with Crippen LogP contribution in [0.25, 0.3) is 10.9 Å². The van der Waals surface area contributed by atoms with Crippen LogP contribution in [0.1, 0.15) is 24.3 Å². The van der Waals surface area contributed by atoms with E-state index in [4.69, 9.17) is 4.74 Å². The van der Waals surface area contributed by atoms with Crippen LogP contribution in [-0.4, -0.2) is 17.1 Å². The van der Waals surface area contributed by atoms with Gasteiger partial charge in [0.25, 0.3) is 5.91 Å². The summed E-state index contributed by atoms with van der Waals surface area (Å²) in [6, 6.07) is 15.4. The molecule has 0 bridgehead atoms. The molecule has 4 nitrogen and oxygen atoms in total. The zero-order valence-corrected chi connectivity index (χ0v) is 16.1. The van der Waals surface area contributed by atoms with Crippen LogP contribution in [-0.2, 0) is 7.05 Å². The number of fused-ring (bicyclic) bond motifs is 1. The molecule has 0 saturated carbocycles. The zero-order chi connectivity index (χ0) is 18.0. The number of aryl methyl sites for hydroxylation is 1. The molecule has 0 aliphatic carbocycles. The standard InChI is InChI=1S/C20H21BrN2O2/c1-13(2)12-25-17-11-7-5-9-15(17)22-20(24)19-18(21)14-8-4-6-10-16(14)23(19)3/h4-11,13H,12H2,1-3H3,(H,22,24). The van der Waals surface area contributed by atoms with E-state index in [1.54, 1.807) is 0 Å². The lowest BCUT2D eigenvalue weighted by Crippen LogP contribution is -2.17. The van der Waals surface area contributed by atoms with Gasteiger partial charge in [0.05, 0.1) is 16.8 Å². The maximum Gasteiger partial charge on any atom is 0.273 e. The number of benzene rings is 2. The molecule has 25 heavy (non-hydrogen) atoms. The van der Waals surface area contributed by atoms with Gasteiger partial charge in [-0.3, -0.25) is 4.79 Å². The molecule has 1 amide bonds. The van der Waals surface area contributed by atoms with Gasteiger partial charge < -0.3 is 14.6 Å². The molecule has 0 fully saturated rings. The molecule has 1 aromatic heterocycles. The highest BCUT2D eigenvalue weighted by molar-refractivity contribution is 9.10. The third kappa shape index (κ3) is 3.56. The van der Waals surface area contributed by atoms with Crippen molar-refractivity contribution < 1.29 is 9.53 Å². The molecule has 5 heteroatoms. The van der Waals surface area contributed by atoms with Crippen LogP contribution in [0.5, 0.6) is 5.75 Å². The Kier molecular flexibility index (Phi) is 5.13. The number of carbonyl (C=O) groups is 1. The van der Waals surface area contributed by atoms with Gasteiger partial charge in [0.2, 0.25) is 0 Å². The van der Waals surface area contributed by atoms with Gasteiger partial charge in [-0.15, -0.1) is 0 Å². The lowest BCUT2D eigenvalue weighted by atomic mass is 10.2. The summed E-state index contributed by atoms with van der Waals surface area (Å²) < 4.78 is 8.51. The van der Waals surface area contributed by atoms with Gasteiger partial charge in [0.1, 0.15) is 11.4 Å². The van der Waals surface area contributed by atoms with E-state index >= 15 is 0 Å². The van der Waals surface area contributed by atoms with Crippen molar-refractivity contribution in [1.82, 2.24) is 4.57 Å². The van der Waals surface area contributed by atoms with Gasteiger partial charge in [-0.1, -0.05) is 44.2 Å². The summed E-state index contributed by atoms with van der Waals surface area (Å²) in [7, 11) is 1.89. The number of anilines is 1. The number of aromatic nitrogens is 1. The molecule has 3 rings (SSSR count). The summed E-state index contributed by atoms with van der Waals surface area (Å²) in [4.78, 5) is 12.9. The molecule has 1 N–H and O–H groups in total. The van der Waals surface area contributed by atoms with Crippen molar-refractivity contribution in [3.63, 3.8) is 0 Å². The van der Waals surface area contributed by atoms with E-state index in [1.165, 1.54) is 0 Å². The van der Waals surface area contributed by atoms with Crippen molar-refractivity contribution in [2.24, 2.45) is 13.0 Å². The summed E-state index contributed by atoms with van der Waals surface area (Å²) in [5, 5.41) is 3.99. The van der Waals surface area contributed by atoms with Gasteiger partial charge in [-0.05, 0) is 40.0 Å². The van der Waals surface area contributed by atoms with E-state index in [-0.39, 0.29) is 5.91 Å². The first-order valence-electron chi connectivity index (χ1n) is 8.25. The van der Waals surface area contributed by atoms with Crippen LogP contribution in [0.2, 0.25) is 0 Å². The molecular formula is C20H21BrN2O2. The number of para-hydroxylation sites is 3. The predicted molar refractivity (Wildman–Crippen MR) is 105 cm³/mol. The summed E-state index contributed by atoms with van der Waals surface area (Å²) >= 11 is 3.57. The number of carbonyl (C=O) groups excluding carboxylic acids is 1. The number of amides is 1. The molecule has 0 aliphatic heterocycles. The van der Waals surface area contributed by atoms with Crippen LogP contribution in [0.15, 0.2) is 53.0 Å². The minimum Gasteiger partial charge on any atom is -0.491 e. The maximum absolute atomic E-state index is 12.9. The number of hydrogen-bond acceptors (Lipinski definition) is 2. The van der Waals surface area contributed by atoms with Gasteiger partial charge >= 0.3 is 0 Å². The van der Waals surface area contributed by atoms with Gasteiger partial charge in [0, 0.05) is 18.0 Å². The van der Waals surface area contributed by atoms with Crippen molar-refractivity contribution in [2.45, 2.75) is 13.8 Å². The molecule has 0 saturated heterocycles. The normalized spacial score (nSPS) is 11.1. The predicted octanol–water partition coefficient (Wildman–Crippen LogP) is 5.23. The molecular weight excluding hydrogens is 380 g/mol. The quantitative estimate of drug-likeness (QED) is 0.637. The number of rotatable bonds is 5. The average Bonchev–Trinajstić information content (AvgIpc) is 2.85. The fraction of sp³-hybridized carbons (Fsp3) is 0.250. The third-order valence-electron chi connectivity index (χ3n) is 3.97. The molecule has 0 radical (unpaired) electrons. The summed E-state index contributed by atoms with van der Waals surface area (Å²) in [6.45, 7) is 4.78. The third-order valence-corrected chi connectivity index (χ3v) is 4.77. The number of ether oxygens (including phenoxy) is 1. The van der Waals surface area contributed by atoms with Crippen LogP contribution in [0.3, 0.4) is 0 Å². The molecule has 0 unspecified atom stereocenters. The van der Waals surface area contributed by atoms with Crippen molar-refractivity contribution in [3.05, 3.63) is 58.7 Å². The van der Waals surface area contributed by atoms with Gasteiger partial charge in [-0.25, -0.2) is 0 Å². The van der Waals surface area contributed by atoms with E-state index in [0.29, 0.717) is 29.7 Å². The minimum absolute atomic E-state index is 0.175. The Balaban J connectivity index is 1.91. The maximum atomic E-state index is 12.9.